The van der Waals surface area contributed by atoms with Crippen LogP contribution in [0.4, 0.5) is 11.4 Å². The van der Waals surface area contributed by atoms with E-state index in [1.54, 1.807) is 47.7 Å². The molecule has 0 spiro atoms. The SMILES string of the molecule is CC(c1nccs1)N1CCN(c2ccc(C(=O)c3ccccc3)cc2[N+](=O)[O-])CC1. The van der Waals surface area contributed by atoms with Gasteiger partial charge in [0.2, 0.25) is 0 Å². The molecule has 0 aliphatic carbocycles. The molecule has 1 fully saturated rings. The molecule has 30 heavy (non-hydrogen) atoms. The van der Waals surface area contributed by atoms with Gasteiger partial charge in [0.15, 0.2) is 5.78 Å². The molecule has 1 aliphatic heterocycles. The topological polar surface area (TPSA) is 79.6 Å². The van der Waals surface area contributed by atoms with Crippen LogP contribution >= 0.6 is 11.3 Å². The lowest BCUT2D eigenvalue weighted by Gasteiger charge is -2.38. The van der Waals surface area contributed by atoms with Gasteiger partial charge in [0.25, 0.3) is 5.69 Å². The van der Waals surface area contributed by atoms with Crippen molar-refractivity contribution in [1.82, 2.24) is 9.88 Å². The lowest BCUT2D eigenvalue weighted by atomic mass is 10.0. The van der Waals surface area contributed by atoms with Gasteiger partial charge in [-0.1, -0.05) is 30.3 Å². The molecule has 3 aromatic rings. The molecule has 4 rings (SSSR count). The standard InChI is InChI=1S/C22H22N4O3S/c1-16(22-23-9-14-30-22)24-10-12-25(13-11-24)19-8-7-18(15-20(19)26(28)29)21(27)17-5-3-2-4-6-17/h2-9,14-16H,10-13H2,1H3. The molecule has 0 saturated carbocycles. The molecule has 0 N–H and O–H groups in total. The largest absolute Gasteiger partial charge is 0.363 e. The number of piperazine rings is 1. The van der Waals surface area contributed by atoms with Crippen LogP contribution in [0, 0.1) is 10.1 Å². The second-order valence-corrected chi connectivity index (χ2v) is 8.15. The Bertz CT molecular complexity index is 1030. The third kappa shape index (κ3) is 4.10. The zero-order valence-electron chi connectivity index (χ0n) is 16.6. The van der Waals surface area contributed by atoms with E-state index in [4.69, 9.17) is 0 Å². The Morgan fingerprint density at radius 3 is 2.47 bits per heavy atom. The number of hydrogen-bond donors (Lipinski definition) is 0. The third-order valence-electron chi connectivity index (χ3n) is 5.48. The fraction of sp³-hybridized carbons (Fsp3) is 0.273. The summed E-state index contributed by atoms with van der Waals surface area (Å²) >= 11 is 1.64. The second kappa shape index (κ2) is 8.73. The predicted molar refractivity (Wildman–Crippen MR) is 117 cm³/mol. The number of carbonyl (C=O) groups is 1. The average Bonchev–Trinajstić information content (AvgIpc) is 3.33. The summed E-state index contributed by atoms with van der Waals surface area (Å²) in [6, 6.07) is 13.8. The van der Waals surface area contributed by atoms with E-state index in [2.05, 4.69) is 16.8 Å². The zero-order valence-corrected chi connectivity index (χ0v) is 17.4. The van der Waals surface area contributed by atoms with E-state index in [9.17, 15) is 14.9 Å². The van der Waals surface area contributed by atoms with E-state index in [1.165, 1.54) is 6.07 Å². The van der Waals surface area contributed by atoms with Crippen LogP contribution < -0.4 is 4.90 Å². The highest BCUT2D eigenvalue weighted by Gasteiger charge is 2.28. The van der Waals surface area contributed by atoms with Crippen LogP contribution in [0.25, 0.3) is 0 Å². The van der Waals surface area contributed by atoms with Crippen molar-refractivity contribution in [1.29, 1.82) is 0 Å². The van der Waals surface area contributed by atoms with Gasteiger partial charge in [-0.15, -0.1) is 11.3 Å². The predicted octanol–water partition coefficient (Wildman–Crippen LogP) is 4.17. The van der Waals surface area contributed by atoms with E-state index in [1.807, 2.05) is 22.5 Å². The van der Waals surface area contributed by atoms with Crippen molar-refractivity contribution in [3.8, 4) is 0 Å². The number of aromatic nitrogens is 1. The number of ketones is 1. The third-order valence-corrected chi connectivity index (χ3v) is 6.43. The minimum absolute atomic E-state index is 0.0294. The quantitative estimate of drug-likeness (QED) is 0.337. The molecular formula is C22H22N4O3S. The van der Waals surface area contributed by atoms with Crippen molar-refractivity contribution in [3.05, 3.63) is 86.4 Å². The van der Waals surface area contributed by atoms with Crippen LogP contribution in [-0.2, 0) is 0 Å². The Balaban J connectivity index is 1.52. The van der Waals surface area contributed by atoms with E-state index in [-0.39, 0.29) is 17.5 Å². The van der Waals surface area contributed by atoms with Crippen LogP contribution in [-0.4, -0.2) is 46.8 Å². The molecule has 1 saturated heterocycles. The van der Waals surface area contributed by atoms with Crippen LogP contribution in [0.5, 0.6) is 0 Å². The number of carbonyl (C=O) groups excluding carboxylic acids is 1. The molecule has 7 nitrogen and oxygen atoms in total. The number of rotatable bonds is 6. The molecule has 0 bridgehead atoms. The Morgan fingerprint density at radius 2 is 1.83 bits per heavy atom. The molecule has 0 amide bonds. The first kappa shape index (κ1) is 20.2. The van der Waals surface area contributed by atoms with Gasteiger partial charge in [0, 0.05) is 54.9 Å². The van der Waals surface area contributed by atoms with E-state index >= 15 is 0 Å². The van der Waals surface area contributed by atoms with Crippen molar-refractivity contribution in [2.75, 3.05) is 31.1 Å². The van der Waals surface area contributed by atoms with Crippen LogP contribution in [0.2, 0.25) is 0 Å². The molecule has 8 heteroatoms. The van der Waals surface area contributed by atoms with E-state index in [0.29, 0.717) is 29.9 Å². The highest BCUT2D eigenvalue weighted by molar-refractivity contribution is 7.09. The summed E-state index contributed by atoms with van der Waals surface area (Å²) in [5.74, 6) is -0.215. The highest BCUT2D eigenvalue weighted by atomic mass is 32.1. The van der Waals surface area contributed by atoms with Gasteiger partial charge in [0.05, 0.1) is 11.0 Å². The van der Waals surface area contributed by atoms with Gasteiger partial charge in [-0.25, -0.2) is 4.98 Å². The normalized spacial score (nSPS) is 15.7. The molecule has 1 aromatic heterocycles. The maximum Gasteiger partial charge on any atom is 0.293 e. The Hall–Kier alpha value is -3.10. The Morgan fingerprint density at radius 1 is 1.10 bits per heavy atom. The van der Waals surface area contributed by atoms with Crippen molar-refractivity contribution >= 4 is 28.5 Å². The van der Waals surface area contributed by atoms with Crippen LogP contribution in [0.15, 0.2) is 60.1 Å². The fourth-order valence-electron chi connectivity index (χ4n) is 3.78. The van der Waals surface area contributed by atoms with Crippen LogP contribution in [0.1, 0.15) is 33.9 Å². The van der Waals surface area contributed by atoms with E-state index < -0.39 is 4.92 Å². The van der Waals surface area contributed by atoms with Crippen molar-refractivity contribution in [2.45, 2.75) is 13.0 Å². The maximum atomic E-state index is 12.7. The van der Waals surface area contributed by atoms with Gasteiger partial charge < -0.3 is 4.90 Å². The van der Waals surface area contributed by atoms with Crippen molar-refractivity contribution in [3.63, 3.8) is 0 Å². The number of nitro groups is 1. The fourth-order valence-corrected chi connectivity index (χ4v) is 4.51. The van der Waals surface area contributed by atoms with Gasteiger partial charge in [0.1, 0.15) is 10.7 Å². The van der Waals surface area contributed by atoms with Gasteiger partial charge in [-0.05, 0) is 19.1 Å². The molecular weight excluding hydrogens is 400 g/mol. The lowest BCUT2D eigenvalue weighted by molar-refractivity contribution is -0.384. The summed E-state index contributed by atoms with van der Waals surface area (Å²) in [4.78, 5) is 32.8. The number of hydrogen-bond acceptors (Lipinski definition) is 7. The Labute approximate surface area is 178 Å². The first-order chi connectivity index (χ1) is 14.5. The minimum atomic E-state index is -0.401. The smallest absolute Gasteiger partial charge is 0.293 e. The van der Waals surface area contributed by atoms with Gasteiger partial charge >= 0.3 is 0 Å². The van der Waals surface area contributed by atoms with Crippen LogP contribution in [0.3, 0.4) is 0 Å². The lowest BCUT2D eigenvalue weighted by Crippen LogP contribution is -2.47. The summed E-state index contributed by atoms with van der Waals surface area (Å²) in [5.41, 5.74) is 1.38. The molecule has 1 aliphatic rings. The summed E-state index contributed by atoms with van der Waals surface area (Å²) in [5, 5.41) is 14.8. The highest BCUT2D eigenvalue weighted by Crippen LogP contribution is 2.32. The summed E-state index contributed by atoms with van der Waals surface area (Å²) < 4.78 is 0. The van der Waals surface area contributed by atoms with Gasteiger partial charge in [-0.3, -0.25) is 19.8 Å². The summed E-state index contributed by atoms with van der Waals surface area (Å²) in [6.07, 6.45) is 1.81. The molecule has 154 valence electrons. The first-order valence-electron chi connectivity index (χ1n) is 9.81. The summed E-state index contributed by atoms with van der Waals surface area (Å²) in [6.45, 7) is 5.09. The molecule has 0 radical (unpaired) electrons. The molecule has 1 unspecified atom stereocenters. The number of thiazole rings is 1. The number of nitro benzene ring substituents is 1. The number of anilines is 1. The van der Waals surface area contributed by atoms with Gasteiger partial charge in [-0.2, -0.15) is 0 Å². The first-order valence-corrected chi connectivity index (χ1v) is 10.7. The van der Waals surface area contributed by atoms with Crippen molar-refractivity contribution < 1.29 is 9.72 Å². The van der Waals surface area contributed by atoms with E-state index in [0.717, 1.165) is 18.1 Å². The number of benzene rings is 2. The average molecular weight is 423 g/mol. The maximum absolute atomic E-state index is 12.7. The summed E-state index contributed by atoms with van der Waals surface area (Å²) in [7, 11) is 0. The molecule has 2 heterocycles. The zero-order chi connectivity index (χ0) is 21.1. The minimum Gasteiger partial charge on any atom is -0.363 e. The van der Waals surface area contributed by atoms with Crippen molar-refractivity contribution in [2.24, 2.45) is 0 Å². The second-order valence-electron chi connectivity index (χ2n) is 7.23. The Kier molecular flexibility index (Phi) is 5.87. The molecule has 1 atom stereocenters. The number of nitrogens with zero attached hydrogens (tertiary/aromatic N) is 4. The molecule has 2 aromatic carbocycles. The monoisotopic (exact) mass is 422 g/mol.